The third kappa shape index (κ3) is 6.27. The van der Waals surface area contributed by atoms with E-state index in [1.807, 2.05) is 0 Å². The zero-order valence-electron chi connectivity index (χ0n) is 10.9. The number of rotatable bonds is 7. The Bertz CT molecular complexity index is 385. The highest BCUT2D eigenvalue weighted by Gasteiger charge is 2.29. The van der Waals surface area contributed by atoms with Crippen molar-refractivity contribution in [3.8, 4) is 0 Å². The fourth-order valence-electron chi connectivity index (χ4n) is 1.50. The molecule has 5 heteroatoms. The van der Waals surface area contributed by atoms with E-state index < -0.39 is 11.7 Å². The van der Waals surface area contributed by atoms with E-state index in [1.165, 1.54) is 24.8 Å². The number of oxime groups is 1. The minimum absolute atomic E-state index is 0.539. The molecule has 0 fully saturated rings. The smallest absolute Gasteiger partial charge is 0.396 e. The quantitative estimate of drug-likeness (QED) is 0.403. The van der Waals surface area contributed by atoms with Crippen LogP contribution in [0.1, 0.15) is 43.7 Å². The third-order valence-corrected chi connectivity index (χ3v) is 2.60. The first kappa shape index (κ1) is 15.5. The van der Waals surface area contributed by atoms with Gasteiger partial charge < -0.3 is 4.84 Å². The normalized spacial score (nSPS) is 12.0. The van der Waals surface area contributed by atoms with Crippen molar-refractivity contribution >= 4 is 6.21 Å². The number of nitrogens with zero attached hydrogens (tertiary/aromatic N) is 1. The van der Waals surface area contributed by atoms with Crippen molar-refractivity contribution in [3.63, 3.8) is 0 Å². The lowest BCUT2D eigenvalue weighted by atomic mass is 10.1. The minimum Gasteiger partial charge on any atom is -0.396 e. The molecule has 0 amide bonds. The fraction of sp³-hybridized carbons (Fsp3) is 0.500. The van der Waals surface area contributed by atoms with Crippen LogP contribution in [-0.2, 0) is 11.0 Å². The average Bonchev–Trinajstić information content (AvgIpc) is 2.37. The number of hydrogen-bond donors (Lipinski definition) is 0. The summed E-state index contributed by atoms with van der Waals surface area (Å²) in [7, 11) is 0. The Labute approximate surface area is 111 Å². The van der Waals surface area contributed by atoms with Gasteiger partial charge in [-0.25, -0.2) is 0 Å². The van der Waals surface area contributed by atoms with Crippen LogP contribution in [0.15, 0.2) is 29.4 Å². The molecular formula is C14H18F3NO. The molecule has 0 heterocycles. The Morgan fingerprint density at radius 2 is 1.79 bits per heavy atom. The molecule has 0 saturated heterocycles. The van der Waals surface area contributed by atoms with Gasteiger partial charge in [0.25, 0.3) is 0 Å². The molecule has 0 saturated carbocycles. The van der Waals surface area contributed by atoms with Gasteiger partial charge in [-0.05, 0) is 30.5 Å². The van der Waals surface area contributed by atoms with Crippen LogP contribution in [0.4, 0.5) is 13.2 Å². The van der Waals surface area contributed by atoms with Crippen LogP contribution >= 0.6 is 0 Å². The molecule has 19 heavy (non-hydrogen) atoms. The summed E-state index contributed by atoms with van der Waals surface area (Å²) in [5, 5.41) is 3.72. The molecule has 0 aliphatic carbocycles. The van der Waals surface area contributed by atoms with Gasteiger partial charge >= 0.3 is 6.18 Å². The molecule has 1 rings (SSSR count). The fourth-order valence-corrected chi connectivity index (χ4v) is 1.50. The Morgan fingerprint density at radius 1 is 1.11 bits per heavy atom. The van der Waals surface area contributed by atoms with Crippen molar-refractivity contribution in [1.29, 1.82) is 0 Å². The van der Waals surface area contributed by atoms with Gasteiger partial charge in [0.15, 0.2) is 0 Å². The van der Waals surface area contributed by atoms with E-state index in [1.54, 1.807) is 0 Å². The molecule has 0 bridgehead atoms. The Hall–Kier alpha value is -1.52. The number of benzene rings is 1. The minimum atomic E-state index is -4.30. The summed E-state index contributed by atoms with van der Waals surface area (Å²) in [6.45, 7) is 2.67. The maximum Gasteiger partial charge on any atom is 0.416 e. The van der Waals surface area contributed by atoms with Crippen LogP contribution in [0, 0.1) is 0 Å². The highest BCUT2D eigenvalue weighted by molar-refractivity contribution is 5.79. The molecule has 0 aromatic heterocycles. The van der Waals surface area contributed by atoms with Gasteiger partial charge in [-0.3, -0.25) is 0 Å². The van der Waals surface area contributed by atoms with E-state index in [0.29, 0.717) is 12.2 Å². The molecule has 0 spiro atoms. The molecule has 2 nitrogen and oxygen atoms in total. The van der Waals surface area contributed by atoms with Crippen LogP contribution in [0.5, 0.6) is 0 Å². The van der Waals surface area contributed by atoms with E-state index >= 15 is 0 Å². The molecule has 1 aromatic carbocycles. The predicted molar refractivity (Wildman–Crippen MR) is 69.1 cm³/mol. The Balaban J connectivity index is 2.33. The molecule has 0 N–H and O–H groups in total. The zero-order valence-corrected chi connectivity index (χ0v) is 10.9. The standard InChI is InChI=1S/C14H18F3NO/c1-2-3-4-5-10-19-18-11-12-6-8-13(9-7-12)14(15,16)17/h6-9,11H,2-5,10H2,1H3. The lowest BCUT2D eigenvalue weighted by molar-refractivity contribution is -0.137. The van der Waals surface area contributed by atoms with E-state index in [4.69, 9.17) is 4.84 Å². The topological polar surface area (TPSA) is 21.6 Å². The maximum absolute atomic E-state index is 12.3. The first-order valence-corrected chi connectivity index (χ1v) is 6.36. The average molecular weight is 273 g/mol. The lowest BCUT2D eigenvalue weighted by Crippen LogP contribution is -2.04. The van der Waals surface area contributed by atoms with Gasteiger partial charge in [0.2, 0.25) is 0 Å². The zero-order chi connectivity index (χ0) is 14.1. The predicted octanol–water partition coefficient (Wildman–Crippen LogP) is 4.64. The molecular weight excluding hydrogens is 255 g/mol. The largest absolute Gasteiger partial charge is 0.416 e. The lowest BCUT2D eigenvalue weighted by Gasteiger charge is -2.05. The molecule has 0 aliphatic heterocycles. The van der Waals surface area contributed by atoms with Crippen LogP contribution < -0.4 is 0 Å². The Morgan fingerprint density at radius 3 is 2.37 bits per heavy atom. The van der Waals surface area contributed by atoms with Crippen molar-refractivity contribution in [3.05, 3.63) is 35.4 Å². The van der Waals surface area contributed by atoms with Gasteiger partial charge in [-0.1, -0.05) is 37.1 Å². The van der Waals surface area contributed by atoms with Crippen molar-refractivity contribution in [2.75, 3.05) is 6.61 Å². The number of halogens is 3. The summed E-state index contributed by atoms with van der Waals surface area (Å²) in [5.74, 6) is 0. The van der Waals surface area contributed by atoms with Gasteiger partial charge in [0, 0.05) is 0 Å². The second-order valence-electron chi connectivity index (χ2n) is 4.25. The molecule has 0 radical (unpaired) electrons. The second-order valence-corrected chi connectivity index (χ2v) is 4.25. The third-order valence-electron chi connectivity index (χ3n) is 2.60. The van der Waals surface area contributed by atoms with Crippen molar-refractivity contribution in [2.24, 2.45) is 5.16 Å². The number of hydrogen-bond acceptors (Lipinski definition) is 2. The molecule has 0 aliphatic rings. The maximum atomic E-state index is 12.3. The van der Waals surface area contributed by atoms with Crippen LogP contribution in [0.3, 0.4) is 0 Å². The molecule has 106 valence electrons. The first-order chi connectivity index (χ1) is 9.04. The van der Waals surface area contributed by atoms with Crippen molar-refractivity contribution < 1.29 is 18.0 Å². The van der Waals surface area contributed by atoms with Crippen LogP contribution in [-0.4, -0.2) is 12.8 Å². The second kappa shape index (κ2) is 7.81. The summed E-state index contributed by atoms with van der Waals surface area (Å²) >= 11 is 0. The van der Waals surface area contributed by atoms with Gasteiger partial charge in [-0.15, -0.1) is 0 Å². The monoisotopic (exact) mass is 273 g/mol. The number of alkyl halides is 3. The SMILES string of the molecule is CCCCCCON=Cc1ccc(C(F)(F)F)cc1. The van der Waals surface area contributed by atoms with Crippen LogP contribution in [0.25, 0.3) is 0 Å². The summed E-state index contributed by atoms with van der Waals surface area (Å²) < 4.78 is 36.9. The van der Waals surface area contributed by atoms with Crippen molar-refractivity contribution in [1.82, 2.24) is 0 Å². The Kier molecular flexibility index (Phi) is 6.39. The molecule has 0 atom stereocenters. The summed E-state index contributed by atoms with van der Waals surface area (Å²) in [6.07, 6.45) is 1.50. The summed E-state index contributed by atoms with van der Waals surface area (Å²) in [4.78, 5) is 5.03. The van der Waals surface area contributed by atoms with E-state index in [0.717, 1.165) is 31.4 Å². The highest BCUT2D eigenvalue weighted by atomic mass is 19.4. The summed E-state index contributed by atoms with van der Waals surface area (Å²) in [5.41, 5.74) is -0.0771. The van der Waals surface area contributed by atoms with Gasteiger partial charge in [0.1, 0.15) is 6.61 Å². The van der Waals surface area contributed by atoms with Gasteiger partial charge in [-0.2, -0.15) is 13.2 Å². The molecule has 1 aromatic rings. The van der Waals surface area contributed by atoms with Crippen LogP contribution in [0.2, 0.25) is 0 Å². The highest BCUT2D eigenvalue weighted by Crippen LogP contribution is 2.28. The van der Waals surface area contributed by atoms with Gasteiger partial charge in [0.05, 0.1) is 11.8 Å². The van der Waals surface area contributed by atoms with E-state index in [9.17, 15) is 13.2 Å². The molecule has 0 unspecified atom stereocenters. The van der Waals surface area contributed by atoms with E-state index in [-0.39, 0.29) is 0 Å². The first-order valence-electron chi connectivity index (χ1n) is 6.36. The van der Waals surface area contributed by atoms with Crippen molar-refractivity contribution in [2.45, 2.75) is 38.8 Å². The summed E-state index contributed by atoms with van der Waals surface area (Å²) in [6, 6.07) is 4.80. The number of unbranched alkanes of at least 4 members (excludes halogenated alkanes) is 3. The van der Waals surface area contributed by atoms with E-state index in [2.05, 4.69) is 12.1 Å².